The third kappa shape index (κ3) is 7.76. The second-order valence-corrected chi connectivity index (χ2v) is 11.7. The van der Waals surface area contributed by atoms with E-state index >= 15 is 0 Å². The van der Waals surface area contributed by atoms with Crippen molar-refractivity contribution in [2.45, 2.75) is 50.5 Å². The minimum absolute atomic E-state index is 0.0413. The SMILES string of the molecule is CC(C)NC(=O)[C@@H](C)N(Cc1ccccc1F)C(=O)CN(c1cc(C(F)(F)F)ccc1Cl)S(=O)(=O)c1ccccc1. The molecule has 0 radical (unpaired) electrons. The number of carbonyl (C=O) groups excluding carboxylic acids is 2. The maximum atomic E-state index is 14.6. The van der Waals surface area contributed by atoms with E-state index < -0.39 is 64.2 Å². The van der Waals surface area contributed by atoms with E-state index in [4.69, 9.17) is 11.6 Å². The molecule has 0 aliphatic heterocycles. The number of halogens is 5. The molecular formula is C28H28ClF4N3O4S. The summed E-state index contributed by atoms with van der Waals surface area (Å²) >= 11 is 6.21. The van der Waals surface area contributed by atoms with Crippen molar-refractivity contribution < 1.29 is 35.6 Å². The summed E-state index contributed by atoms with van der Waals surface area (Å²) in [6, 6.07) is 12.9. The number of carbonyl (C=O) groups is 2. The Morgan fingerprint density at radius 3 is 2.15 bits per heavy atom. The number of hydrogen-bond acceptors (Lipinski definition) is 4. The van der Waals surface area contributed by atoms with Crippen molar-refractivity contribution in [2.75, 3.05) is 10.8 Å². The first-order chi connectivity index (χ1) is 19.1. The van der Waals surface area contributed by atoms with Crippen molar-refractivity contribution in [2.24, 2.45) is 0 Å². The molecule has 1 atom stereocenters. The Balaban J connectivity index is 2.14. The molecule has 0 saturated heterocycles. The maximum Gasteiger partial charge on any atom is 0.416 e. The van der Waals surface area contributed by atoms with Crippen LogP contribution in [-0.2, 0) is 32.3 Å². The Labute approximate surface area is 240 Å². The highest BCUT2D eigenvalue weighted by atomic mass is 35.5. The van der Waals surface area contributed by atoms with Crippen LogP contribution in [0.2, 0.25) is 5.02 Å². The molecule has 0 bridgehead atoms. The lowest BCUT2D eigenvalue weighted by molar-refractivity contribution is -0.139. The van der Waals surface area contributed by atoms with Crippen molar-refractivity contribution in [3.05, 3.63) is 94.8 Å². The quantitative estimate of drug-likeness (QED) is 0.300. The van der Waals surface area contributed by atoms with Crippen LogP contribution in [0.4, 0.5) is 23.2 Å². The van der Waals surface area contributed by atoms with E-state index in [-0.39, 0.29) is 21.5 Å². The van der Waals surface area contributed by atoms with Crippen LogP contribution in [0.15, 0.2) is 77.7 Å². The van der Waals surface area contributed by atoms with Crippen molar-refractivity contribution in [1.29, 1.82) is 0 Å². The van der Waals surface area contributed by atoms with Gasteiger partial charge < -0.3 is 10.2 Å². The van der Waals surface area contributed by atoms with E-state index in [2.05, 4.69) is 5.32 Å². The zero-order valence-electron chi connectivity index (χ0n) is 22.3. The summed E-state index contributed by atoms with van der Waals surface area (Å²) in [7, 11) is -4.65. The zero-order chi connectivity index (χ0) is 30.5. The standard InChI is InChI=1S/C28H28ClF4N3O4S/c1-18(2)34-27(38)19(3)35(16-20-9-7-8-12-24(20)30)26(37)17-36(41(39,40)22-10-5-4-6-11-22)25-15-21(28(31,32)33)13-14-23(25)29/h4-15,18-19H,16-17H2,1-3H3,(H,34,38)/t19-/m1/s1. The van der Waals surface area contributed by atoms with Gasteiger partial charge in [-0.25, -0.2) is 12.8 Å². The molecule has 7 nitrogen and oxygen atoms in total. The van der Waals surface area contributed by atoms with Crippen molar-refractivity contribution in [3.63, 3.8) is 0 Å². The lowest BCUT2D eigenvalue weighted by atomic mass is 10.1. The van der Waals surface area contributed by atoms with Gasteiger partial charge in [-0.2, -0.15) is 13.2 Å². The second kappa shape index (κ2) is 12.9. The fourth-order valence-corrected chi connectivity index (χ4v) is 5.63. The van der Waals surface area contributed by atoms with Crippen LogP contribution in [0.1, 0.15) is 31.9 Å². The Morgan fingerprint density at radius 2 is 1.56 bits per heavy atom. The number of nitrogens with one attached hydrogen (secondary N) is 1. The first-order valence-corrected chi connectivity index (χ1v) is 14.2. The smallest absolute Gasteiger partial charge is 0.352 e. The highest BCUT2D eigenvalue weighted by Crippen LogP contribution is 2.37. The number of rotatable bonds is 10. The first-order valence-electron chi connectivity index (χ1n) is 12.4. The van der Waals surface area contributed by atoms with Crippen molar-refractivity contribution in [3.8, 4) is 0 Å². The van der Waals surface area contributed by atoms with Gasteiger partial charge in [0.2, 0.25) is 11.8 Å². The van der Waals surface area contributed by atoms with Crippen molar-refractivity contribution >= 4 is 39.1 Å². The Hall–Kier alpha value is -3.64. The molecule has 1 N–H and O–H groups in total. The fraction of sp³-hybridized carbons (Fsp3) is 0.286. The van der Waals surface area contributed by atoms with Crippen LogP contribution < -0.4 is 9.62 Å². The van der Waals surface area contributed by atoms with Gasteiger partial charge in [0.25, 0.3) is 10.0 Å². The summed E-state index contributed by atoms with van der Waals surface area (Å²) in [5.41, 5.74) is -1.74. The van der Waals surface area contributed by atoms with Gasteiger partial charge in [0.05, 0.1) is 21.2 Å². The highest BCUT2D eigenvalue weighted by molar-refractivity contribution is 7.92. The lowest BCUT2D eigenvalue weighted by Crippen LogP contribution is -2.52. The number of amides is 2. The average Bonchev–Trinajstić information content (AvgIpc) is 2.90. The van der Waals surface area contributed by atoms with Gasteiger partial charge in [-0.15, -0.1) is 0 Å². The monoisotopic (exact) mass is 613 g/mol. The Bertz CT molecular complexity index is 1500. The number of hydrogen-bond donors (Lipinski definition) is 1. The van der Waals surface area contributed by atoms with Gasteiger partial charge in [-0.3, -0.25) is 13.9 Å². The average molecular weight is 614 g/mol. The van der Waals surface area contributed by atoms with Crippen LogP contribution >= 0.6 is 11.6 Å². The van der Waals surface area contributed by atoms with E-state index in [1.807, 2.05) is 0 Å². The molecule has 2 amide bonds. The summed E-state index contributed by atoms with van der Waals surface area (Å²) in [4.78, 5) is 27.3. The van der Waals surface area contributed by atoms with Gasteiger partial charge >= 0.3 is 6.18 Å². The van der Waals surface area contributed by atoms with Crippen LogP contribution in [0.5, 0.6) is 0 Å². The Morgan fingerprint density at radius 1 is 0.951 bits per heavy atom. The lowest BCUT2D eigenvalue weighted by Gasteiger charge is -2.32. The predicted molar refractivity (Wildman–Crippen MR) is 147 cm³/mol. The van der Waals surface area contributed by atoms with E-state index in [9.17, 15) is 35.6 Å². The molecule has 0 unspecified atom stereocenters. The highest BCUT2D eigenvalue weighted by Gasteiger charge is 2.36. The van der Waals surface area contributed by atoms with Crippen LogP contribution in [0.3, 0.4) is 0 Å². The number of benzene rings is 3. The molecule has 13 heteroatoms. The van der Waals surface area contributed by atoms with Gasteiger partial charge in [0, 0.05) is 18.2 Å². The maximum absolute atomic E-state index is 14.6. The molecule has 41 heavy (non-hydrogen) atoms. The molecule has 0 aliphatic carbocycles. The molecular weight excluding hydrogens is 586 g/mol. The van der Waals surface area contributed by atoms with Crippen LogP contribution in [0.25, 0.3) is 0 Å². The molecule has 0 heterocycles. The summed E-state index contributed by atoms with van der Waals surface area (Å²) in [6.45, 7) is 3.30. The number of anilines is 1. The number of alkyl halides is 3. The van der Waals surface area contributed by atoms with Gasteiger partial charge in [0.1, 0.15) is 18.4 Å². The number of nitrogens with zero attached hydrogens (tertiary/aromatic N) is 2. The second-order valence-electron chi connectivity index (χ2n) is 9.44. The summed E-state index contributed by atoms with van der Waals surface area (Å²) in [6.07, 6.45) is -4.84. The first kappa shape index (κ1) is 31.9. The molecule has 3 rings (SSSR count). The van der Waals surface area contributed by atoms with Crippen molar-refractivity contribution in [1.82, 2.24) is 10.2 Å². The molecule has 3 aromatic rings. The summed E-state index contributed by atoms with van der Waals surface area (Å²) in [5, 5.41) is 2.28. The molecule has 3 aromatic carbocycles. The zero-order valence-corrected chi connectivity index (χ0v) is 23.9. The minimum Gasteiger partial charge on any atom is -0.352 e. The van der Waals surface area contributed by atoms with E-state index in [0.717, 1.165) is 17.0 Å². The topological polar surface area (TPSA) is 86.8 Å². The third-order valence-electron chi connectivity index (χ3n) is 6.05. The summed E-state index contributed by atoms with van der Waals surface area (Å²) in [5.74, 6) is -2.25. The largest absolute Gasteiger partial charge is 0.416 e. The fourth-order valence-electron chi connectivity index (χ4n) is 3.91. The third-order valence-corrected chi connectivity index (χ3v) is 8.14. The molecule has 0 fully saturated rings. The number of sulfonamides is 1. The molecule has 0 aliphatic rings. The predicted octanol–water partition coefficient (Wildman–Crippen LogP) is 5.64. The minimum atomic E-state index is -4.84. The summed E-state index contributed by atoms with van der Waals surface area (Å²) < 4.78 is 83.3. The van der Waals surface area contributed by atoms with Gasteiger partial charge in [-0.1, -0.05) is 48.0 Å². The van der Waals surface area contributed by atoms with Gasteiger partial charge in [0.15, 0.2) is 0 Å². The van der Waals surface area contributed by atoms with Crippen LogP contribution in [-0.4, -0.2) is 43.8 Å². The molecule has 0 spiro atoms. The van der Waals surface area contributed by atoms with E-state index in [1.54, 1.807) is 13.8 Å². The Kier molecular flexibility index (Phi) is 10.0. The van der Waals surface area contributed by atoms with E-state index in [1.165, 1.54) is 55.5 Å². The van der Waals surface area contributed by atoms with E-state index in [0.29, 0.717) is 16.4 Å². The molecule has 0 aromatic heterocycles. The normalized spacial score (nSPS) is 12.6. The van der Waals surface area contributed by atoms with Gasteiger partial charge in [-0.05, 0) is 57.2 Å². The molecule has 220 valence electrons. The van der Waals surface area contributed by atoms with Crippen LogP contribution in [0, 0.1) is 5.82 Å². The molecule has 0 saturated carbocycles.